The number of carbonyl (C=O) groups excluding carboxylic acids is 1. The Kier molecular flexibility index (Phi) is 5.40. The van der Waals surface area contributed by atoms with E-state index in [4.69, 9.17) is 10.1 Å². The predicted octanol–water partition coefficient (Wildman–Crippen LogP) is 1.99. The number of imidazole rings is 1. The standard InChI is InChI=1S/C18H18N8O2S/c1-2-20-18(28)23-13-10-26-14(22-13)8-12(11-4-3-6-19-9-11)21-16(26)17-25-24-15(29-17)5-7-27/h3-4,6,8-10,27H,2,5,7H2,1H3,(H2,20,23,28). The van der Waals surface area contributed by atoms with Crippen molar-refractivity contribution in [3.63, 3.8) is 0 Å². The number of anilines is 1. The first kappa shape index (κ1) is 18.9. The molecular weight excluding hydrogens is 392 g/mol. The summed E-state index contributed by atoms with van der Waals surface area (Å²) in [6.45, 7) is 2.35. The highest BCUT2D eigenvalue weighted by molar-refractivity contribution is 7.14. The molecule has 4 aromatic heterocycles. The zero-order chi connectivity index (χ0) is 20.2. The van der Waals surface area contributed by atoms with E-state index in [0.29, 0.717) is 46.0 Å². The van der Waals surface area contributed by atoms with E-state index in [1.165, 1.54) is 11.3 Å². The van der Waals surface area contributed by atoms with Gasteiger partial charge in [-0.2, -0.15) is 0 Å². The molecule has 0 aliphatic rings. The Bertz CT molecular complexity index is 1140. The zero-order valence-electron chi connectivity index (χ0n) is 15.5. The second-order valence-electron chi connectivity index (χ2n) is 6.02. The number of nitrogens with zero attached hydrogens (tertiary/aromatic N) is 6. The van der Waals surface area contributed by atoms with Crippen LogP contribution in [0, 0.1) is 0 Å². The maximum Gasteiger partial charge on any atom is 0.320 e. The number of aliphatic hydroxyl groups is 1. The van der Waals surface area contributed by atoms with Crippen molar-refractivity contribution in [2.75, 3.05) is 18.5 Å². The number of amides is 2. The maximum absolute atomic E-state index is 11.9. The second-order valence-corrected chi connectivity index (χ2v) is 7.08. The van der Waals surface area contributed by atoms with E-state index in [2.05, 4.69) is 30.8 Å². The first-order valence-corrected chi connectivity index (χ1v) is 9.78. The predicted molar refractivity (Wildman–Crippen MR) is 109 cm³/mol. The third-order valence-corrected chi connectivity index (χ3v) is 4.95. The van der Waals surface area contributed by atoms with Crippen molar-refractivity contribution in [3.05, 3.63) is 41.8 Å². The first-order valence-electron chi connectivity index (χ1n) is 8.97. The lowest BCUT2D eigenvalue weighted by Gasteiger charge is -2.05. The number of aliphatic hydroxyl groups excluding tert-OH is 1. The quantitative estimate of drug-likeness (QED) is 0.443. The molecule has 29 heavy (non-hydrogen) atoms. The Balaban J connectivity index is 1.83. The van der Waals surface area contributed by atoms with Crippen LogP contribution in [0.5, 0.6) is 0 Å². The summed E-state index contributed by atoms with van der Waals surface area (Å²) in [5.41, 5.74) is 2.10. The van der Waals surface area contributed by atoms with Crippen LogP contribution >= 0.6 is 11.3 Å². The second kappa shape index (κ2) is 8.29. The third-order valence-electron chi connectivity index (χ3n) is 3.97. The smallest absolute Gasteiger partial charge is 0.320 e. The summed E-state index contributed by atoms with van der Waals surface area (Å²) in [7, 11) is 0. The Morgan fingerprint density at radius 1 is 1.31 bits per heavy atom. The third kappa shape index (κ3) is 4.05. The minimum atomic E-state index is -0.334. The van der Waals surface area contributed by atoms with Gasteiger partial charge in [0.15, 0.2) is 16.6 Å². The van der Waals surface area contributed by atoms with Gasteiger partial charge in [0, 0.05) is 43.6 Å². The van der Waals surface area contributed by atoms with Gasteiger partial charge in [0.2, 0.25) is 0 Å². The van der Waals surface area contributed by atoms with Crippen LogP contribution in [0.25, 0.3) is 27.7 Å². The molecule has 0 aromatic carbocycles. The summed E-state index contributed by atoms with van der Waals surface area (Å²) in [6, 6.07) is 5.22. The fourth-order valence-electron chi connectivity index (χ4n) is 2.72. The molecule has 0 aliphatic heterocycles. The van der Waals surface area contributed by atoms with Gasteiger partial charge < -0.3 is 10.4 Å². The fourth-order valence-corrected chi connectivity index (χ4v) is 3.54. The Hall–Kier alpha value is -3.44. The molecule has 3 N–H and O–H groups in total. The van der Waals surface area contributed by atoms with Gasteiger partial charge in [-0.3, -0.25) is 14.7 Å². The van der Waals surface area contributed by atoms with Gasteiger partial charge in [-0.1, -0.05) is 11.3 Å². The molecule has 11 heteroatoms. The van der Waals surface area contributed by atoms with Crippen LogP contribution in [-0.4, -0.2) is 53.8 Å². The molecule has 0 radical (unpaired) electrons. The number of rotatable bonds is 6. The van der Waals surface area contributed by atoms with Crippen LogP contribution < -0.4 is 10.6 Å². The number of nitrogens with one attached hydrogen (secondary N) is 2. The molecule has 0 aliphatic carbocycles. The first-order chi connectivity index (χ1) is 14.2. The summed E-state index contributed by atoms with van der Waals surface area (Å²) in [5.74, 6) is 0.932. The van der Waals surface area contributed by atoms with Gasteiger partial charge in [0.25, 0.3) is 0 Å². The van der Waals surface area contributed by atoms with Crippen molar-refractivity contribution in [2.45, 2.75) is 13.3 Å². The van der Waals surface area contributed by atoms with Crippen molar-refractivity contribution in [2.24, 2.45) is 0 Å². The van der Waals surface area contributed by atoms with Crippen molar-refractivity contribution >= 4 is 28.8 Å². The van der Waals surface area contributed by atoms with E-state index in [0.717, 1.165) is 5.56 Å². The van der Waals surface area contributed by atoms with Gasteiger partial charge in [-0.25, -0.2) is 14.8 Å². The lowest BCUT2D eigenvalue weighted by atomic mass is 10.2. The number of hydrogen-bond acceptors (Lipinski definition) is 8. The van der Waals surface area contributed by atoms with Crippen LogP contribution in [0.2, 0.25) is 0 Å². The number of aromatic nitrogens is 6. The fraction of sp³-hybridized carbons (Fsp3) is 0.222. The number of pyridine rings is 1. The van der Waals surface area contributed by atoms with E-state index in [9.17, 15) is 4.79 Å². The monoisotopic (exact) mass is 410 g/mol. The molecule has 0 spiro atoms. The topological polar surface area (TPSA) is 130 Å². The van der Waals surface area contributed by atoms with Crippen molar-refractivity contribution in [1.82, 2.24) is 34.9 Å². The summed E-state index contributed by atoms with van der Waals surface area (Å²) in [5, 5.41) is 24.2. The molecule has 0 unspecified atom stereocenters. The summed E-state index contributed by atoms with van der Waals surface area (Å²) < 4.78 is 1.75. The average Bonchev–Trinajstić information content (AvgIpc) is 3.35. The van der Waals surface area contributed by atoms with E-state index in [-0.39, 0.29) is 12.6 Å². The maximum atomic E-state index is 11.9. The van der Waals surface area contributed by atoms with Crippen molar-refractivity contribution < 1.29 is 9.90 Å². The number of fused-ring (bicyclic) bond motifs is 1. The highest BCUT2D eigenvalue weighted by atomic mass is 32.1. The molecule has 10 nitrogen and oxygen atoms in total. The van der Waals surface area contributed by atoms with Crippen LogP contribution in [-0.2, 0) is 6.42 Å². The van der Waals surface area contributed by atoms with Crippen LogP contribution in [0.1, 0.15) is 11.9 Å². The minimum Gasteiger partial charge on any atom is -0.396 e. The number of urea groups is 1. The van der Waals surface area contributed by atoms with Crippen LogP contribution in [0.3, 0.4) is 0 Å². The molecule has 0 saturated carbocycles. The number of carbonyl (C=O) groups is 1. The molecule has 2 amide bonds. The SMILES string of the molecule is CCNC(=O)Nc1cn2c(-c3nnc(CCO)s3)nc(-c3cccnc3)cc2n1. The van der Waals surface area contributed by atoms with Gasteiger partial charge >= 0.3 is 6.03 Å². The summed E-state index contributed by atoms with van der Waals surface area (Å²) >= 11 is 1.35. The van der Waals surface area contributed by atoms with Gasteiger partial charge in [0.05, 0.1) is 11.9 Å². The Morgan fingerprint density at radius 2 is 2.21 bits per heavy atom. The van der Waals surface area contributed by atoms with E-state index in [1.54, 1.807) is 23.0 Å². The normalized spacial score (nSPS) is 11.0. The van der Waals surface area contributed by atoms with Gasteiger partial charge in [0.1, 0.15) is 10.7 Å². The highest BCUT2D eigenvalue weighted by Crippen LogP contribution is 2.28. The Morgan fingerprint density at radius 3 is 2.97 bits per heavy atom. The van der Waals surface area contributed by atoms with Crippen LogP contribution in [0.15, 0.2) is 36.8 Å². The molecule has 4 heterocycles. The highest BCUT2D eigenvalue weighted by Gasteiger charge is 2.17. The largest absolute Gasteiger partial charge is 0.396 e. The lowest BCUT2D eigenvalue weighted by molar-refractivity contribution is 0.252. The molecule has 0 atom stereocenters. The van der Waals surface area contributed by atoms with Gasteiger partial charge in [-0.05, 0) is 19.1 Å². The van der Waals surface area contributed by atoms with Crippen molar-refractivity contribution in [3.8, 4) is 22.1 Å². The molecule has 0 fully saturated rings. The molecule has 0 saturated heterocycles. The van der Waals surface area contributed by atoms with Crippen LogP contribution in [0.4, 0.5) is 10.6 Å². The van der Waals surface area contributed by atoms with Crippen molar-refractivity contribution in [1.29, 1.82) is 0 Å². The van der Waals surface area contributed by atoms with E-state index in [1.807, 2.05) is 25.1 Å². The average molecular weight is 410 g/mol. The molecule has 0 bridgehead atoms. The van der Waals surface area contributed by atoms with Gasteiger partial charge in [-0.15, -0.1) is 10.2 Å². The molecular formula is C18H18N8O2S. The Labute approximate surface area is 169 Å². The molecule has 4 rings (SSSR count). The summed E-state index contributed by atoms with van der Waals surface area (Å²) in [6.07, 6.45) is 5.53. The minimum absolute atomic E-state index is 0.00111. The number of hydrogen-bond donors (Lipinski definition) is 3. The van der Waals surface area contributed by atoms with E-state index >= 15 is 0 Å². The zero-order valence-corrected chi connectivity index (χ0v) is 16.3. The lowest BCUT2D eigenvalue weighted by Crippen LogP contribution is -2.28. The summed E-state index contributed by atoms with van der Waals surface area (Å²) in [4.78, 5) is 25.3. The van der Waals surface area contributed by atoms with E-state index < -0.39 is 0 Å². The molecule has 148 valence electrons. The molecule has 4 aromatic rings.